The fourth-order valence-electron chi connectivity index (χ4n) is 2.44. The van der Waals surface area contributed by atoms with E-state index in [1.807, 2.05) is 32.0 Å². The Hall–Kier alpha value is -2.21. The van der Waals surface area contributed by atoms with Gasteiger partial charge in [-0.25, -0.2) is 15.0 Å². The Kier molecular flexibility index (Phi) is 4.48. The molecule has 22 heavy (non-hydrogen) atoms. The van der Waals surface area contributed by atoms with E-state index in [-0.39, 0.29) is 0 Å². The number of pyridine rings is 1. The van der Waals surface area contributed by atoms with Crippen molar-refractivity contribution in [1.29, 1.82) is 0 Å². The molecule has 0 fully saturated rings. The van der Waals surface area contributed by atoms with Crippen molar-refractivity contribution in [2.24, 2.45) is 0 Å². The molecule has 116 valence electrons. The van der Waals surface area contributed by atoms with E-state index in [2.05, 4.69) is 19.9 Å². The monoisotopic (exact) mass is 300 g/mol. The van der Waals surface area contributed by atoms with Crippen LogP contribution in [0.5, 0.6) is 5.88 Å². The van der Waals surface area contributed by atoms with Crippen molar-refractivity contribution in [3.05, 3.63) is 41.5 Å². The third-order valence-electron chi connectivity index (χ3n) is 3.46. The average molecular weight is 300 g/mol. The molecule has 6 nitrogen and oxygen atoms in total. The zero-order valence-corrected chi connectivity index (χ0v) is 13.0. The van der Waals surface area contributed by atoms with Gasteiger partial charge >= 0.3 is 0 Å². The summed E-state index contributed by atoms with van der Waals surface area (Å²) in [6.45, 7) is 7.12. The van der Waals surface area contributed by atoms with Crippen molar-refractivity contribution in [1.82, 2.24) is 15.0 Å². The van der Waals surface area contributed by atoms with E-state index in [9.17, 15) is 0 Å². The summed E-state index contributed by atoms with van der Waals surface area (Å²) < 4.78 is 11.1. The average Bonchev–Trinajstić information content (AvgIpc) is 2.74. The first-order valence-electron chi connectivity index (χ1n) is 7.50. The fraction of sp³-hybridized carbons (Fsp3) is 0.438. The second kappa shape index (κ2) is 6.70. The van der Waals surface area contributed by atoms with Crippen LogP contribution in [0.15, 0.2) is 24.4 Å². The van der Waals surface area contributed by atoms with Gasteiger partial charge in [0, 0.05) is 36.7 Å². The molecule has 1 aliphatic heterocycles. The Balaban J connectivity index is 1.85. The Bertz CT molecular complexity index is 648. The zero-order chi connectivity index (χ0) is 15.4. The van der Waals surface area contributed by atoms with Crippen LogP contribution >= 0.6 is 0 Å². The van der Waals surface area contributed by atoms with Gasteiger partial charge in [0.05, 0.1) is 6.54 Å². The van der Waals surface area contributed by atoms with Crippen LogP contribution in [0.25, 0.3) is 0 Å². The normalized spacial score (nSPS) is 14.2. The van der Waals surface area contributed by atoms with E-state index in [4.69, 9.17) is 9.47 Å². The van der Waals surface area contributed by atoms with E-state index in [1.54, 1.807) is 6.20 Å². The number of rotatable bonds is 4. The summed E-state index contributed by atoms with van der Waals surface area (Å²) in [6.07, 6.45) is 1.75. The van der Waals surface area contributed by atoms with Gasteiger partial charge in [-0.15, -0.1) is 0 Å². The highest BCUT2D eigenvalue weighted by Crippen LogP contribution is 2.23. The summed E-state index contributed by atoms with van der Waals surface area (Å²) in [6, 6.07) is 5.96. The van der Waals surface area contributed by atoms with Crippen molar-refractivity contribution in [2.45, 2.75) is 27.0 Å². The van der Waals surface area contributed by atoms with Gasteiger partial charge < -0.3 is 14.4 Å². The Morgan fingerprint density at radius 1 is 1.36 bits per heavy atom. The van der Waals surface area contributed by atoms with Gasteiger partial charge in [-0.05, 0) is 19.9 Å². The number of anilines is 1. The van der Waals surface area contributed by atoms with E-state index >= 15 is 0 Å². The Morgan fingerprint density at radius 2 is 2.27 bits per heavy atom. The first kappa shape index (κ1) is 14.7. The van der Waals surface area contributed by atoms with Gasteiger partial charge in [-0.3, -0.25) is 0 Å². The predicted molar refractivity (Wildman–Crippen MR) is 82.9 cm³/mol. The van der Waals surface area contributed by atoms with Gasteiger partial charge in [-0.1, -0.05) is 6.07 Å². The molecular formula is C16H20N4O2. The summed E-state index contributed by atoms with van der Waals surface area (Å²) in [5, 5.41) is 0. The molecule has 3 heterocycles. The molecule has 0 atom stereocenters. The van der Waals surface area contributed by atoms with Crippen LogP contribution in [-0.4, -0.2) is 34.7 Å². The van der Waals surface area contributed by atoms with Crippen LogP contribution in [0.3, 0.4) is 0 Å². The van der Waals surface area contributed by atoms with Gasteiger partial charge in [-0.2, -0.15) is 0 Å². The Morgan fingerprint density at radius 3 is 3.14 bits per heavy atom. The van der Waals surface area contributed by atoms with Crippen molar-refractivity contribution in [3.63, 3.8) is 0 Å². The molecule has 0 aliphatic carbocycles. The van der Waals surface area contributed by atoms with Crippen LogP contribution in [0, 0.1) is 6.92 Å². The highest BCUT2D eigenvalue weighted by molar-refractivity contribution is 5.43. The lowest BCUT2D eigenvalue weighted by molar-refractivity contribution is 0.128. The van der Waals surface area contributed by atoms with Gasteiger partial charge in [0.15, 0.2) is 5.82 Å². The maximum atomic E-state index is 5.70. The van der Waals surface area contributed by atoms with E-state index in [0.717, 1.165) is 30.2 Å². The van der Waals surface area contributed by atoms with Crippen molar-refractivity contribution in [2.75, 3.05) is 24.7 Å². The topological polar surface area (TPSA) is 60.4 Å². The molecule has 0 spiro atoms. The molecule has 1 aliphatic rings. The highest BCUT2D eigenvalue weighted by Gasteiger charge is 2.18. The van der Waals surface area contributed by atoms with Crippen molar-refractivity contribution < 1.29 is 9.47 Å². The smallest absolute Gasteiger partial charge is 0.218 e. The van der Waals surface area contributed by atoms with Crippen LogP contribution in [0.1, 0.15) is 24.0 Å². The molecule has 0 amide bonds. The molecular weight excluding hydrogens is 280 g/mol. The molecule has 0 unspecified atom stereocenters. The van der Waals surface area contributed by atoms with Crippen LogP contribution in [-0.2, 0) is 17.9 Å². The van der Waals surface area contributed by atoms with E-state index < -0.39 is 0 Å². The third-order valence-corrected chi connectivity index (χ3v) is 3.46. The predicted octanol–water partition coefficient (Wildman–Crippen LogP) is 2.12. The number of ether oxygens (including phenoxy) is 2. The first-order valence-corrected chi connectivity index (χ1v) is 7.50. The SMILES string of the molecule is CCOCc1nc(C)cc(N2CCOc3ncccc3C2)n1. The number of nitrogens with zero attached hydrogens (tertiary/aromatic N) is 4. The Labute approximate surface area is 130 Å². The lowest BCUT2D eigenvalue weighted by Crippen LogP contribution is -2.26. The number of hydrogen-bond acceptors (Lipinski definition) is 6. The summed E-state index contributed by atoms with van der Waals surface area (Å²) in [4.78, 5) is 15.5. The largest absolute Gasteiger partial charge is 0.476 e. The third kappa shape index (κ3) is 3.33. The summed E-state index contributed by atoms with van der Waals surface area (Å²) in [5.41, 5.74) is 2.01. The van der Waals surface area contributed by atoms with Crippen LogP contribution in [0.4, 0.5) is 5.82 Å². The molecule has 6 heteroatoms. The minimum Gasteiger partial charge on any atom is -0.476 e. The van der Waals surface area contributed by atoms with Crippen LogP contribution < -0.4 is 9.64 Å². The molecule has 0 saturated carbocycles. The molecule has 0 saturated heterocycles. The maximum Gasteiger partial charge on any atom is 0.218 e. The number of fused-ring (bicyclic) bond motifs is 1. The van der Waals surface area contributed by atoms with Gasteiger partial charge in [0.2, 0.25) is 5.88 Å². The molecule has 2 aromatic rings. The summed E-state index contributed by atoms with van der Waals surface area (Å²) in [7, 11) is 0. The molecule has 0 N–H and O–H groups in total. The van der Waals surface area contributed by atoms with Crippen LogP contribution in [0.2, 0.25) is 0 Å². The molecule has 2 aromatic heterocycles. The van der Waals surface area contributed by atoms with E-state index in [1.165, 1.54) is 0 Å². The minimum absolute atomic E-state index is 0.438. The fourth-order valence-corrected chi connectivity index (χ4v) is 2.44. The first-order chi connectivity index (χ1) is 10.8. The lowest BCUT2D eigenvalue weighted by Gasteiger charge is -2.21. The maximum absolute atomic E-state index is 5.70. The lowest BCUT2D eigenvalue weighted by atomic mass is 10.2. The molecule has 3 rings (SSSR count). The second-order valence-corrected chi connectivity index (χ2v) is 5.16. The van der Waals surface area contributed by atoms with Crippen molar-refractivity contribution in [3.8, 4) is 5.88 Å². The van der Waals surface area contributed by atoms with Gasteiger partial charge in [0.25, 0.3) is 0 Å². The minimum atomic E-state index is 0.438. The number of hydrogen-bond donors (Lipinski definition) is 0. The molecule has 0 radical (unpaired) electrons. The van der Waals surface area contributed by atoms with E-state index in [0.29, 0.717) is 31.5 Å². The zero-order valence-electron chi connectivity index (χ0n) is 13.0. The van der Waals surface area contributed by atoms with Gasteiger partial charge in [0.1, 0.15) is 19.0 Å². The highest BCUT2D eigenvalue weighted by atomic mass is 16.5. The number of aryl methyl sites for hydroxylation is 1. The quantitative estimate of drug-likeness (QED) is 0.862. The molecule has 0 aromatic carbocycles. The summed E-state index contributed by atoms with van der Waals surface area (Å²) in [5.74, 6) is 2.33. The molecule has 0 bridgehead atoms. The second-order valence-electron chi connectivity index (χ2n) is 5.16. The summed E-state index contributed by atoms with van der Waals surface area (Å²) >= 11 is 0. The number of aromatic nitrogens is 3. The van der Waals surface area contributed by atoms with Crippen molar-refractivity contribution >= 4 is 5.82 Å². The standard InChI is InChI=1S/C16H20N4O2/c1-3-21-11-14-18-12(2)9-15(19-14)20-7-8-22-16-13(10-20)5-4-6-17-16/h4-6,9H,3,7-8,10-11H2,1-2H3.